The van der Waals surface area contributed by atoms with Gasteiger partial charge < -0.3 is 18.9 Å². The maximum Gasteiger partial charge on any atom is 0.254 e. The van der Waals surface area contributed by atoms with Crippen molar-refractivity contribution < 1.29 is 14.3 Å². The Hall–Kier alpha value is -2.41. The fraction of sp³-hybridized carbons (Fsp3) is 0.526. The summed E-state index contributed by atoms with van der Waals surface area (Å²) in [7, 11) is 0. The predicted octanol–water partition coefficient (Wildman–Crippen LogP) is 2.31. The number of amides is 1. The largest absolute Gasteiger partial charge is 0.491 e. The molecule has 7 heteroatoms. The highest BCUT2D eigenvalue weighted by atomic mass is 16.5. The number of carbonyl (C=O) groups is 1. The molecule has 1 amide bonds. The van der Waals surface area contributed by atoms with Crippen LogP contribution in [-0.4, -0.2) is 57.0 Å². The second-order valence-electron chi connectivity index (χ2n) is 7.43. The van der Waals surface area contributed by atoms with Gasteiger partial charge in [-0.05, 0) is 38.5 Å². The van der Waals surface area contributed by atoms with E-state index < -0.39 is 0 Å². The van der Waals surface area contributed by atoms with E-state index in [0.29, 0.717) is 25.3 Å². The van der Waals surface area contributed by atoms with E-state index in [9.17, 15) is 4.79 Å². The average molecular weight is 356 g/mol. The third-order valence-corrected chi connectivity index (χ3v) is 5.10. The number of hydrogen-bond donors (Lipinski definition) is 0. The van der Waals surface area contributed by atoms with Gasteiger partial charge >= 0.3 is 0 Å². The molecule has 0 aliphatic carbocycles. The van der Waals surface area contributed by atoms with Crippen molar-refractivity contribution in [3.05, 3.63) is 42.5 Å². The van der Waals surface area contributed by atoms with Crippen LogP contribution in [0.15, 0.2) is 36.9 Å². The number of hydrogen-bond acceptors (Lipinski definition) is 5. The lowest BCUT2D eigenvalue weighted by molar-refractivity contribution is 0.0118. The van der Waals surface area contributed by atoms with Crippen LogP contribution >= 0.6 is 0 Å². The Balaban J connectivity index is 1.43. The summed E-state index contributed by atoms with van der Waals surface area (Å²) in [5, 5.41) is 7.75. The van der Waals surface area contributed by atoms with E-state index in [2.05, 4.69) is 10.2 Å². The third-order valence-electron chi connectivity index (χ3n) is 5.10. The molecule has 0 saturated carbocycles. The van der Waals surface area contributed by atoms with E-state index in [1.165, 1.54) is 0 Å². The first-order chi connectivity index (χ1) is 12.5. The Labute approximate surface area is 152 Å². The van der Waals surface area contributed by atoms with Crippen LogP contribution < -0.4 is 4.74 Å². The minimum Gasteiger partial charge on any atom is -0.491 e. The summed E-state index contributed by atoms with van der Waals surface area (Å²) in [5.74, 6) is 0.761. The van der Waals surface area contributed by atoms with Gasteiger partial charge in [0.25, 0.3) is 5.91 Å². The highest BCUT2D eigenvalue weighted by Crippen LogP contribution is 2.40. The van der Waals surface area contributed by atoms with Crippen LogP contribution in [0.3, 0.4) is 0 Å². The SMILES string of the molecule is CC(C)Oc1cccc(C(=O)N2CCC3(CC(n4cnnc4)CO3)C2)c1. The lowest BCUT2D eigenvalue weighted by Crippen LogP contribution is -2.35. The molecular formula is C19H24N4O3. The lowest BCUT2D eigenvalue weighted by Gasteiger charge is -2.23. The second-order valence-corrected chi connectivity index (χ2v) is 7.43. The van der Waals surface area contributed by atoms with Gasteiger partial charge in [0.05, 0.1) is 30.9 Å². The molecule has 1 aromatic heterocycles. The molecule has 0 N–H and O–H groups in total. The summed E-state index contributed by atoms with van der Waals surface area (Å²) in [6.07, 6.45) is 5.28. The Morgan fingerprint density at radius 1 is 1.35 bits per heavy atom. The molecule has 0 bridgehead atoms. The van der Waals surface area contributed by atoms with Crippen molar-refractivity contribution in [1.29, 1.82) is 0 Å². The fourth-order valence-corrected chi connectivity index (χ4v) is 3.87. The Morgan fingerprint density at radius 2 is 2.15 bits per heavy atom. The van der Waals surface area contributed by atoms with E-state index in [0.717, 1.165) is 18.6 Å². The molecule has 26 heavy (non-hydrogen) atoms. The van der Waals surface area contributed by atoms with Crippen LogP contribution in [0.1, 0.15) is 43.1 Å². The van der Waals surface area contributed by atoms with E-state index in [1.807, 2.05) is 47.6 Å². The maximum atomic E-state index is 12.9. The average Bonchev–Trinajstić information content (AvgIpc) is 3.36. The van der Waals surface area contributed by atoms with Crippen molar-refractivity contribution in [2.75, 3.05) is 19.7 Å². The fourth-order valence-electron chi connectivity index (χ4n) is 3.87. The molecule has 2 unspecified atom stereocenters. The first-order valence-corrected chi connectivity index (χ1v) is 9.09. The Morgan fingerprint density at radius 3 is 2.92 bits per heavy atom. The van der Waals surface area contributed by atoms with Crippen LogP contribution in [0.4, 0.5) is 0 Å². The zero-order valence-electron chi connectivity index (χ0n) is 15.2. The van der Waals surface area contributed by atoms with Crippen LogP contribution in [0.2, 0.25) is 0 Å². The van der Waals surface area contributed by atoms with Crippen LogP contribution in [0, 0.1) is 0 Å². The van der Waals surface area contributed by atoms with Crippen LogP contribution in [0.25, 0.3) is 0 Å². The van der Waals surface area contributed by atoms with Crippen LogP contribution in [0.5, 0.6) is 5.75 Å². The van der Waals surface area contributed by atoms with Crippen molar-refractivity contribution in [1.82, 2.24) is 19.7 Å². The molecule has 2 atom stereocenters. The molecule has 1 aromatic carbocycles. The van der Waals surface area contributed by atoms with E-state index >= 15 is 0 Å². The quantitative estimate of drug-likeness (QED) is 0.841. The van der Waals surface area contributed by atoms with E-state index in [4.69, 9.17) is 9.47 Å². The maximum absolute atomic E-state index is 12.9. The van der Waals surface area contributed by atoms with Gasteiger partial charge in [0.15, 0.2) is 0 Å². The van der Waals surface area contributed by atoms with Gasteiger partial charge in [0, 0.05) is 18.5 Å². The first-order valence-electron chi connectivity index (χ1n) is 9.09. The van der Waals surface area contributed by atoms with Crippen molar-refractivity contribution in [3.8, 4) is 5.75 Å². The molecule has 2 fully saturated rings. The number of ether oxygens (including phenoxy) is 2. The van der Waals surface area contributed by atoms with Crippen molar-refractivity contribution in [3.63, 3.8) is 0 Å². The highest BCUT2D eigenvalue weighted by Gasteiger charge is 2.47. The summed E-state index contributed by atoms with van der Waals surface area (Å²) in [6, 6.07) is 7.65. The molecule has 138 valence electrons. The Kier molecular flexibility index (Phi) is 4.40. The van der Waals surface area contributed by atoms with Gasteiger partial charge in [0.1, 0.15) is 18.4 Å². The number of benzene rings is 1. The Bertz CT molecular complexity index is 777. The standard InChI is InChI=1S/C19H24N4O3/c1-14(2)26-17-5-3-4-15(8-17)18(24)22-7-6-19(11-22)9-16(10-25-19)23-12-20-21-13-23/h3-5,8,12-14,16H,6-7,9-11H2,1-2H3. The zero-order chi connectivity index (χ0) is 18.1. The molecule has 1 spiro atoms. The minimum absolute atomic E-state index is 0.0347. The molecule has 7 nitrogen and oxygen atoms in total. The zero-order valence-corrected chi connectivity index (χ0v) is 15.2. The monoisotopic (exact) mass is 356 g/mol. The minimum atomic E-state index is -0.253. The number of carbonyl (C=O) groups excluding carboxylic acids is 1. The second kappa shape index (κ2) is 6.72. The molecule has 2 aliphatic heterocycles. The van der Waals surface area contributed by atoms with Crippen molar-refractivity contribution >= 4 is 5.91 Å². The van der Waals surface area contributed by atoms with Gasteiger partial charge in [-0.15, -0.1) is 10.2 Å². The normalized spacial score (nSPS) is 25.3. The van der Waals surface area contributed by atoms with E-state index in [-0.39, 0.29) is 23.7 Å². The molecular weight excluding hydrogens is 332 g/mol. The third kappa shape index (κ3) is 3.31. The summed E-state index contributed by atoms with van der Waals surface area (Å²) in [4.78, 5) is 14.8. The molecule has 4 rings (SSSR count). The first kappa shape index (κ1) is 17.0. The molecule has 2 aliphatic rings. The highest BCUT2D eigenvalue weighted by molar-refractivity contribution is 5.94. The lowest BCUT2D eigenvalue weighted by atomic mass is 9.97. The molecule has 2 saturated heterocycles. The van der Waals surface area contributed by atoms with Gasteiger partial charge in [-0.1, -0.05) is 6.07 Å². The van der Waals surface area contributed by atoms with Crippen molar-refractivity contribution in [2.45, 2.75) is 44.4 Å². The van der Waals surface area contributed by atoms with E-state index in [1.54, 1.807) is 12.7 Å². The summed E-state index contributed by atoms with van der Waals surface area (Å²) < 4.78 is 13.8. The molecule has 0 radical (unpaired) electrons. The molecule has 3 heterocycles. The van der Waals surface area contributed by atoms with Crippen molar-refractivity contribution in [2.24, 2.45) is 0 Å². The number of likely N-dealkylation sites (tertiary alicyclic amines) is 1. The van der Waals surface area contributed by atoms with Gasteiger partial charge in [0.2, 0.25) is 0 Å². The molecule has 2 aromatic rings. The van der Waals surface area contributed by atoms with Crippen LogP contribution in [-0.2, 0) is 4.74 Å². The van der Waals surface area contributed by atoms with Gasteiger partial charge in [-0.2, -0.15) is 0 Å². The summed E-state index contributed by atoms with van der Waals surface area (Å²) in [5.41, 5.74) is 0.407. The number of rotatable bonds is 4. The van der Waals surface area contributed by atoms with Gasteiger partial charge in [-0.25, -0.2) is 0 Å². The number of aromatic nitrogens is 3. The summed E-state index contributed by atoms with van der Waals surface area (Å²) >= 11 is 0. The number of nitrogens with zero attached hydrogens (tertiary/aromatic N) is 4. The van der Waals surface area contributed by atoms with Gasteiger partial charge in [-0.3, -0.25) is 4.79 Å². The predicted molar refractivity (Wildman–Crippen MR) is 95.1 cm³/mol. The summed E-state index contributed by atoms with van der Waals surface area (Å²) in [6.45, 7) is 5.92. The topological polar surface area (TPSA) is 69.5 Å². The smallest absolute Gasteiger partial charge is 0.254 e.